The molecule has 0 spiro atoms. The quantitative estimate of drug-likeness (QED) is 0.617. The standard InChI is InChI=1S/C4H6F2N4/c1-2-10-4(3(5)6)7-8-9-10/h3H,2H2,1H3. The molecule has 1 heterocycles. The number of alkyl halides is 2. The molecule has 0 saturated carbocycles. The Morgan fingerprint density at radius 3 is 2.70 bits per heavy atom. The first-order valence-electron chi connectivity index (χ1n) is 2.80. The SMILES string of the molecule is CCn1nnnc1C(F)F. The van der Waals surface area contributed by atoms with Crippen molar-refractivity contribution in [1.29, 1.82) is 0 Å². The van der Waals surface area contributed by atoms with Crippen LogP contribution in [0.15, 0.2) is 0 Å². The van der Waals surface area contributed by atoms with Crippen LogP contribution in [0.5, 0.6) is 0 Å². The maximum absolute atomic E-state index is 11.9. The lowest BCUT2D eigenvalue weighted by Crippen LogP contribution is -2.03. The smallest absolute Gasteiger partial charge is 0.225 e. The van der Waals surface area contributed by atoms with Gasteiger partial charge >= 0.3 is 0 Å². The Labute approximate surface area is 55.8 Å². The summed E-state index contributed by atoms with van der Waals surface area (Å²) in [6.45, 7) is 2.06. The van der Waals surface area contributed by atoms with Crippen LogP contribution >= 0.6 is 0 Å². The van der Waals surface area contributed by atoms with Crippen molar-refractivity contribution in [1.82, 2.24) is 20.2 Å². The minimum absolute atomic E-state index is 0.368. The zero-order valence-corrected chi connectivity index (χ0v) is 5.33. The first kappa shape index (κ1) is 7.04. The second kappa shape index (κ2) is 2.68. The molecule has 1 aromatic heterocycles. The van der Waals surface area contributed by atoms with E-state index < -0.39 is 6.43 Å². The van der Waals surface area contributed by atoms with Crippen molar-refractivity contribution in [2.75, 3.05) is 0 Å². The molecule has 0 N–H and O–H groups in total. The predicted molar refractivity (Wildman–Crippen MR) is 28.4 cm³/mol. The molecule has 0 fully saturated rings. The lowest BCUT2D eigenvalue weighted by atomic mass is 10.6. The van der Waals surface area contributed by atoms with Crippen LogP contribution in [-0.4, -0.2) is 20.2 Å². The summed E-state index contributed by atoms with van der Waals surface area (Å²) in [6.07, 6.45) is -2.59. The minimum atomic E-state index is -2.59. The van der Waals surface area contributed by atoms with E-state index in [4.69, 9.17) is 0 Å². The van der Waals surface area contributed by atoms with Gasteiger partial charge in [0.1, 0.15) is 0 Å². The van der Waals surface area contributed by atoms with Gasteiger partial charge in [-0.2, -0.15) is 0 Å². The number of hydrogen-bond donors (Lipinski definition) is 0. The Morgan fingerprint density at radius 1 is 1.60 bits per heavy atom. The summed E-state index contributed by atoms with van der Waals surface area (Å²) in [6, 6.07) is 0. The second-order valence-electron chi connectivity index (χ2n) is 1.65. The molecule has 0 atom stereocenters. The first-order valence-corrected chi connectivity index (χ1v) is 2.80. The molecule has 1 rings (SSSR count). The van der Waals surface area contributed by atoms with Gasteiger partial charge in [-0.1, -0.05) is 0 Å². The third kappa shape index (κ3) is 1.09. The van der Waals surface area contributed by atoms with Gasteiger partial charge in [-0.3, -0.25) is 0 Å². The fourth-order valence-corrected chi connectivity index (χ4v) is 0.593. The zero-order chi connectivity index (χ0) is 7.56. The van der Waals surface area contributed by atoms with Gasteiger partial charge in [0.25, 0.3) is 6.43 Å². The Kier molecular flexibility index (Phi) is 1.88. The van der Waals surface area contributed by atoms with Crippen molar-refractivity contribution in [2.24, 2.45) is 0 Å². The number of halogens is 2. The summed E-state index contributed by atoms with van der Waals surface area (Å²) in [5, 5.41) is 9.57. The average Bonchev–Trinajstić information content (AvgIpc) is 2.33. The third-order valence-corrected chi connectivity index (χ3v) is 1.05. The van der Waals surface area contributed by atoms with Gasteiger partial charge in [0.2, 0.25) is 5.82 Å². The van der Waals surface area contributed by atoms with Gasteiger partial charge in [0.05, 0.1) is 0 Å². The van der Waals surface area contributed by atoms with E-state index in [0.717, 1.165) is 4.68 Å². The Morgan fingerprint density at radius 2 is 2.30 bits per heavy atom. The van der Waals surface area contributed by atoms with Crippen LogP contribution < -0.4 is 0 Å². The Bertz CT molecular complexity index is 209. The number of tetrazole rings is 1. The summed E-state index contributed by atoms with van der Waals surface area (Å²) in [4.78, 5) is 0. The van der Waals surface area contributed by atoms with Gasteiger partial charge in [0.15, 0.2) is 0 Å². The van der Waals surface area contributed by atoms with Gasteiger partial charge in [0, 0.05) is 6.54 Å². The normalized spacial score (nSPS) is 10.8. The van der Waals surface area contributed by atoms with E-state index in [1.54, 1.807) is 6.92 Å². The number of hydrogen-bond acceptors (Lipinski definition) is 3. The number of aromatic nitrogens is 4. The van der Waals surface area contributed by atoms with Crippen LogP contribution in [0.3, 0.4) is 0 Å². The molecule has 10 heavy (non-hydrogen) atoms. The second-order valence-corrected chi connectivity index (χ2v) is 1.65. The molecule has 0 amide bonds. The molecule has 0 aliphatic heterocycles. The first-order chi connectivity index (χ1) is 4.75. The van der Waals surface area contributed by atoms with E-state index in [0.29, 0.717) is 6.54 Å². The van der Waals surface area contributed by atoms with Crippen molar-refractivity contribution in [2.45, 2.75) is 19.9 Å². The highest BCUT2D eigenvalue weighted by atomic mass is 19.3. The molecule has 0 aliphatic carbocycles. The van der Waals surface area contributed by atoms with Crippen LogP contribution in [0.4, 0.5) is 8.78 Å². The van der Waals surface area contributed by atoms with E-state index >= 15 is 0 Å². The number of aryl methyl sites for hydroxylation is 1. The molecule has 0 aliphatic rings. The van der Waals surface area contributed by atoms with Crippen LogP contribution in [0.2, 0.25) is 0 Å². The molecule has 0 aromatic carbocycles. The van der Waals surface area contributed by atoms with Gasteiger partial charge in [-0.15, -0.1) is 5.10 Å². The molecule has 0 radical (unpaired) electrons. The van der Waals surface area contributed by atoms with Crippen LogP contribution in [0, 0.1) is 0 Å². The molecule has 6 heteroatoms. The highest BCUT2D eigenvalue weighted by Gasteiger charge is 2.14. The topological polar surface area (TPSA) is 43.6 Å². The minimum Gasteiger partial charge on any atom is -0.225 e. The highest BCUT2D eigenvalue weighted by molar-refractivity contribution is 4.80. The van der Waals surface area contributed by atoms with Gasteiger partial charge in [-0.25, -0.2) is 13.5 Å². The van der Waals surface area contributed by atoms with Crippen molar-refractivity contribution in [3.05, 3.63) is 5.82 Å². The third-order valence-electron chi connectivity index (χ3n) is 1.05. The summed E-state index contributed by atoms with van der Waals surface area (Å²) in [5.74, 6) is -0.373. The average molecular weight is 148 g/mol. The molecule has 1 aromatic rings. The number of rotatable bonds is 2. The van der Waals surface area contributed by atoms with E-state index in [2.05, 4.69) is 15.5 Å². The van der Waals surface area contributed by atoms with E-state index in [1.807, 2.05) is 0 Å². The Balaban J connectivity index is 2.90. The van der Waals surface area contributed by atoms with Gasteiger partial charge < -0.3 is 0 Å². The van der Waals surface area contributed by atoms with Crippen LogP contribution in [0.1, 0.15) is 19.2 Å². The zero-order valence-electron chi connectivity index (χ0n) is 5.33. The highest BCUT2D eigenvalue weighted by Crippen LogP contribution is 2.13. The van der Waals surface area contributed by atoms with Crippen molar-refractivity contribution >= 4 is 0 Å². The van der Waals surface area contributed by atoms with E-state index in [1.165, 1.54) is 0 Å². The molecule has 56 valence electrons. The molecular formula is C4H6F2N4. The Hall–Kier alpha value is -1.07. The summed E-state index contributed by atoms with van der Waals surface area (Å²) < 4.78 is 24.8. The van der Waals surface area contributed by atoms with E-state index in [-0.39, 0.29) is 5.82 Å². The maximum atomic E-state index is 11.9. The summed E-state index contributed by atoms with van der Waals surface area (Å²) in [7, 11) is 0. The molecule has 4 nitrogen and oxygen atoms in total. The lowest BCUT2D eigenvalue weighted by Gasteiger charge is -1.96. The monoisotopic (exact) mass is 148 g/mol. The summed E-state index contributed by atoms with van der Waals surface area (Å²) in [5.41, 5.74) is 0. The summed E-state index contributed by atoms with van der Waals surface area (Å²) >= 11 is 0. The predicted octanol–water partition coefficient (Wildman–Crippen LogP) is 0.631. The van der Waals surface area contributed by atoms with Crippen molar-refractivity contribution < 1.29 is 8.78 Å². The van der Waals surface area contributed by atoms with Crippen molar-refractivity contribution in [3.63, 3.8) is 0 Å². The maximum Gasteiger partial charge on any atom is 0.298 e. The van der Waals surface area contributed by atoms with Crippen molar-refractivity contribution in [3.8, 4) is 0 Å². The fraction of sp³-hybridized carbons (Fsp3) is 0.750. The lowest BCUT2D eigenvalue weighted by molar-refractivity contribution is 0.133. The molecule has 0 saturated heterocycles. The molecule has 0 bridgehead atoms. The molecule has 0 unspecified atom stereocenters. The molecular weight excluding hydrogens is 142 g/mol. The fourth-order valence-electron chi connectivity index (χ4n) is 0.593. The number of nitrogens with zero attached hydrogens (tertiary/aromatic N) is 4. The van der Waals surface area contributed by atoms with Crippen LogP contribution in [-0.2, 0) is 6.54 Å². The van der Waals surface area contributed by atoms with Crippen LogP contribution in [0.25, 0.3) is 0 Å². The van der Waals surface area contributed by atoms with Gasteiger partial charge in [-0.05, 0) is 17.4 Å². The largest absolute Gasteiger partial charge is 0.298 e. The van der Waals surface area contributed by atoms with E-state index in [9.17, 15) is 8.78 Å².